The van der Waals surface area contributed by atoms with E-state index in [2.05, 4.69) is 15.3 Å². The Labute approximate surface area is 102 Å². The van der Waals surface area contributed by atoms with Crippen LogP contribution in [0, 0.1) is 6.92 Å². The Kier molecular flexibility index (Phi) is 4.04. The van der Waals surface area contributed by atoms with Crippen molar-refractivity contribution in [1.29, 1.82) is 0 Å². The highest BCUT2D eigenvalue weighted by Crippen LogP contribution is 2.21. The number of methoxy groups -OCH3 is 1. The number of ether oxygens (including phenoxy) is 2. The van der Waals surface area contributed by atoms with Gasteiger partial charge in [-0.3, -0.25) is 0 Å². The highest BCUT2D eigenvalue weighted by atomic mass is 16.5. The number of nitrogens with one attached hydrogen (secondary N) is 1. The molecule has 1 aromatic rings. The number of rotatable bonds is 5. The molecule has 1 aliphatic rings. The second-order valence-corrected chi connectivity index (χ2v) is 4.39. The highest BCUT2D eigenvalue weighted by molar-refractivity contribution is 5.01. The van der Waals surface area contributed by atoms with Gasteiger partial charge in [0.1, 0.15) is 11.4 Å². The first kappa shape index (κ1) is 12.4. The summed E-state index contributed by atoms with van der Waals surface area (Å²) in [5.41, 5.74) is 0.838. The van der Waals surface area contributed by atoms with Gasteiger partial charge in [-0.1, -0.05) is 0 Å². The minimum atomic E-state index is -0.165. The van der Waals surface area contributed by atoms with Gasteiger partial charge >= 0.3 is 0 Å². The molecule has 94 valence electrons. The van der Waals surface area contributed by atoms with Crippen LogP contribution in [0.3, 0.4) is 0 Å². The van der Waals surface area contributed by atoms with Gasteiger partial charge in [0.15, 0.2) is 0 Å². The molecule has 2 rings (SSSR count). The molecule has 1 atom stereocenters. The van der Waals surface area contributed by atoms with Crippen LogP contribution in [0.5, 0.6) is 0 Å². The van der Waals surface area contributed by atoms with E-state index in [0.29, 0.717) is 6.61 Å². The molecule has 0 spiro atoms. The van der Waals surface area contributed by atoms with Crippen LogP contribution in [0.2, 0.25) is 0 Å². The summed E-state index contributed by atoms with van der Waals surface area (Å²) >= 11 is 0. The molecule has 1 fully saturated rings. The molecule has 1 aromatic heterocycles. The fourth-order valence-corrected chi connectivity index (χ4v) is 1.98. The summed E-state index contributed by atoms with van der Waals surface area (Å²) < 4.78 is 10.9. The molecule has 5 heteroatoms. The fraction of sp³-hybridized carbons (Fsp3) is 0.667. The number of nitrogens with zero attached hydrogens (tertiary/aromatic N) is 2. The third-order valence-corrected chi connectivity index (χ3v) is 3.09. The molecule has 0 radical (unpaired) electrons. The van der Waals surface area contributed by atoms with E-state index < -0.39 is 0 Å². The number of aromatic nitrogens is 2. The topological polar surface area (TPSA) is 56.3 Å². The summed E-state index contributed by atoms with van der Waals surface area (Å²) in [6.07, 6.45) is 2.73. The van der Waals surface area contributed by atoms with E-state index in [1.54, 1.807) is 13.3 Å². The molecule has 0 aromatic carbocycles. The summed E-state index contributed by atoms with van der Waals surface area (Å²) in [5, 5.41) is 3.37. The molecule has 2 heterocycles. The zero-order valence-electron chi connectivity index (χ0n) is 10.4. The van der Waals surface area contributed by atoms with Crippen LogP contribution in [-0.4, -0.2) is 42.4 Å². The molecule has 1 saturated heterocycles. The van der Waals surface area contributed by atoms with Crippen LogP contribution < -0.4 is 5.32 Å². The normalized spacial score (nSPS) is 24.1. The maximum atomic E-state index is 5.54. The smallest absolute Gasteiger partial charge is 0.125 e. The Bertz CT molecular complexity index is 365. The van der Waals surface area contributed by atoms with Crippen LogP contribution in [0.4, 0.5) is 0 Å². The first-order valence-electron chi connectivity index (χ1n) is 5.86. The van der Waals surface area contributed by atoms with Crippen LogP contribution in [-0.2, 0) is 16.0 Å². The van der Waals surface area contributed by atoms with Gasteiger partial charge in [-0.15, -0.1) is 0 Å². The van der Waals surface area contributed by atoms with E-state index in [4.69, 9.17) is 9.47 Å². The third kappa shape index (κ3) is 3.21. The molecule has 1 aliphatic heterocycles. The van der Waals surface area contributed by atoms with Crippen LogP contribution in [0.15, 0.2) is 12.3 Å². The van der Waals surface area contributed by atoms with Crippen LogP contribution in [0.1, 0.15) is 17.9 Å². The molecule has 0 saturated carbocycles. The van der Waals surface area contributed by atoms with E-state index in [0.717, 1.165) is 37.6 Å². The number of hydrogen-bond acceptors (Lipinski definition) is 5. The summed E-state index contributed by atoms with van der Waals surface area (Å²) in [4.78, 5) is 8.41. The largest absolute Gasteiger partial charge is 0.378 e. The van der Waals surface area contributed by atoms with Crippen molar-refractivity contribution in [3.63, 3.8) is 0 Å². The molecule has 1 N–H and O–H groups in total. The molecule has 0 amide bonds. The van der Waals surface area contributed by atoms with Crippen molar-refractivity contribution in [3.8, 4) is 0 Å². The van der Waals surface area contributed by atoms with Gasteiger partial charge in [0, 0.05) is 39.4 Å². The van der Waals surface area contributed by atoms with Crippen molar-refractivity contribution in [2.75, 3.05) is 26.9 Å². The highest BCUT2D eigenvalue weighted by Gasteiger charge is 2.34. The van der Waals surface area contributed by atoms with E-state index in [1.165, 1.54) is 0 Å². The minimum Gasteiger partial charge on any atom is -0.378 e. The Morgan fingerprint density at radius 3 is 3.12 bits per heavy atom. The van der Waals surface area contributed by atoms with Crippen molar-refractivity contribution < 1.29 is 9.47 Å². The average Bonchev–Trinajstić information content (AvgIpc) is 2.79. The summed E-state index contributed by atoms with van der Waals surface area (Å²) in [6, 6.07) is 1.92. The molecule has 0 bridgehead atoms. The predicted octanol–water partition coefficient (Wildman–Crippen LogP) is 0.680. The first-order valence-corrected chi connectivity index (χ1v) is 5.86. The maximum Gasteiger partial charge on any atom is 0.125 e. The van der Waals surface area contributed by atoms with Gasteiger partial charge in [-0.25, -0.2) is 9.97 Å². The van der Waals surface area contributed by atoms with Crippen molar-refractivity contribution in [2.45, 2.75) is 25.5 Å². The average molecular weight is 237 g/mol. The molecule has 17 heavy (non-hydrogen) atoms. The Morgan fingerprint density at radius 1 is 1.59 bits per heavy atom. The number of hydrogen-bond donors (Lipinski definition) is 1. The van der Waals surface area contributed by atoms with E-state index in [1.807, 2.05) is 13.0 Å². The Balaban J connectivity index is 1.82. The molecular weight excluding hydrogens is 218 g/mol. The monoisotopic (exact) mass is 237 g/mol. The lowest BCUT2D eigenvalue weighted by atomic mass is 10.0. The van der Waals surface area contributed by atoms with Crippen LogP contribution in [0.25, 0.3) is 0 Å². The predicted molar refractivity (Wildman–Crippen MR) is 63.7 cm³/mol. The van der Waals surface area contributed by atoms with Crippen molar-refractivity contribution in [3.05, 3.63) is 23.8 Å². The molecule has 5 nitrogen and oxygen atoms in total. The second kappa shape index (κ2) is 5.53. The van der Waals surface area contributed by atoms with Gasteiger partial charge in [0.25, 0.3) is 0 Å². The Morgan fingerprint density at radius 2 is 2.47 bits per heavy atom. The summed E-state index contributed by atoms with van der Waals surface area (Å²) in [7, 11) is 1.74. The summed E-state index contributed by atoms with van der Waals surface area (Å²) in [6.45, 7) is 4.85. The van der Waals surface area contributed by atoms with Crippen LogP contribution >= 0.6 is 0 Å². The van der Waals surface area contributed by atoms with Gasteiger partial charge in [-0.2, -0.15) is 0 Å². The zero-order chi connectivity index (χ0) is 12.1. The lowest BCUT2D eigenvalue weighted by molar-refractivity contribution is -0.0159. The van der Waals surface area contributed by atoms with E-state index in [-0.39, 0.29) is 5.60 Å². The lowest BCUT2D eigenvalue weighted by Crippen LogP contribution is -2.42. The molecule has 0 aliphatic carbocycles. The Hall–Kier alpha value is -1.04. The second-order valence-electron chi connectivity index (χ2n) is 4.39. The first-order chi connectivity index (χ1) is 8.24. The van der Waals surface area contributed by atoms with E-state index in [9.17, 15) is 0 Å². The summed E-state index contributed by atoms with van der Waals surface area (Å²) in [5.74, 6) is 0.801. The molecular formula is C12H19N3O2. The van der Waals surface area contributed by atoms with Gasteiger partial charge in [0.2, 0.25) is 0 Å². The SMILES string of the molecule is COC1(CNCc2ccnc(C)n2)CCOC1. The quantitative estimate of drug-likeness (QED) is 0.816. The molecule has 1 unspecified atom stereocenters. The standard InChI is InChI=1S/C12H19N3O2/c1-10-14-5-3-11(15-10)7-13-8-12(16-2)4-6-17-9-12/h3,5,13H,4,6-9H2,1-2H3. The maximum absolute atomic E-state index is 5.54. The zero-order valence-corrected chi connectivity index (χ0v) is 10.4. The lowest BCUT2D eigenvalue weighted by Gasteiger charge is -2.25. The van der Waals surface area contributed by atoms with Crippen molar-refractivity contribution >= 4 is 0 Å². The van der Waals surface area contributed by atoms with Crippen molar-refractivity contribution in [1.82, 2.24) is 15.3 Å². The van der Waals surface area contributed by atoms with Gasteiger partial charge < -0.3 is 14.8 Å². The van der Waals surface area contributed by atoms with Gasteiger partial charge in [-0.05, 0) is 13.0 Å². The van der Waals surface area contributed by atoms with E-state index >= 15 is 0 Å². The van der Waals surface area contributed by atoms with Crippen molar-refractivity contribution in [2.24, 2.45) is 0 Å². The fourth-order valence-electron chi connectivity index (χ4n) is 1.98. The number of aryl methyl sites for hydroxylation is 1. The van der Waals surface area contributed by atoms with Gasteiger partial charge in [0.05, 0.1) is 12.3 Å². The minimum absolute atomic E-state index is 0.165. The third-order valence-electron chi connectivity index (χ3n) is 3.09.